The minimum Gasteiger partial charge on any atom is -0.415 e. The molecule has 0 unspecified atom stereocenters. The fourth-order valence-electron chi connectivity index (χ4n) is 3.40. The Morgan fingerprint density at radius 2 is 1.61 bits per heavy atom. The van der Waals surface area contributed by atoms with Gasteiger partial charge in [-0.1, -0.05) is 80.4 Å². The Morgan fingerprint density at radius 1 is 0.968 bits per heavy atom. The minimum atomic E-state index is -1.89. The lowest BCUT2D eigenvalue weighted by Gasteiger charge is -2.40. The lowest BCUT2D eigenvalue weighted by atomic mass is 9.91. The van der Waals surface area contributed by atoms with E-state index in [-0.39, 0.29) is 16.6 Å². The average Bonchev–Trinajstić information content (AvgIpc) is 2.68. The Bertz CT molecular complexity index is 839. The van der Waals surface area contributed by atoms with Gasteiger partial charge < -0.3 is 14.5 Å². The normalized spacial score (nSPS) is 15.5. The summed E-state index contributed by atoms with van der Waals surface area (Å²) >= 11 is 12.4. The molecule has 2 aromatic carbocycles. The van der Waals surface area contributed by atoms with Gasteiger partial charge in [-0.25, -0.2) is 0 Å². The number of ether oxygens (including phenoxy) is 1. The van der Waals surface area contributed by atoms with E-state index in [9.17, 15) is 0 Å². The Kier molecular flexibility index (Phi) is 9.21. The van der Waals surface area contributed by atoms with E-state index in [0.29, 0.717) is 23.3 Å². The molecule has 0 saturated carbocycles. The Hall–Kier alpha value is -0.883. The molecule has 0 bridgehead atoms. The van der Waals surface area contributed by atoms with E-state index < -0.39 is 8.32 Å². The first kappa shape index (κ1) is 26.4. The summed E-state index contributed by atoms with van der Waals surface area (Å²) in [5, 5.41) is 5.14. The summed E-state index contributed by atoms with van der Waals surface area (Å²) < 4.78 is 12.2. The van der Waals surface area contributed by atoms with Crippen LogP contribution in [0.15, 0.2) is 48.5 Å². The summed E-state index contributed by atoms with van der Waals surface area (Å²) in [6, 6.07) is 16.3. The number of benzene rings is 2. The van der Waals surface area contributed by atoms with Crippen molar-refractivity contribution in [1.82, 2.24) is 5.32 Å². The SMILES string of the molecule is COC[C@](C)(Cc1ccc(Cl)c(Cl)c1)N[C@H](CO[Si](C)(C)C(C)(C)C)c1ccccc1. The predicted molar refractivity (Wildman–Crippen MR) is 136 cm³/mol. The van der Waals surface area contributed by atoms with Crippen molar-refractivity contribution in [2.24, 2.45) is 0 Å². The Labute approximate surface area is 199 Å². The molecule has 0 aliphatic rings. The van der Waals surface area contributed by atoms with Gasteiger partial charge in [0, 0.05) is 12.6 Å². The zero-order chi connectivity index (χ0) is 23.3. The third-order valence-electron chi connectivity index (χ3n) is 6.18. The van der Waals surface area contributed by atoms with Gasteiger partial charge in [-0.3, -0.25) is 0 Å². The smallest absolute Gasteiger partial charge is 0.192 e. The van der Waals surface area contributed by atoms with E-state index in [0.717, 1.165) is 12.0 Å². The molecule has 172 valence electrons. The monoisotopic (exact) mass is 481 g/mol. The maximum atomic E-state index is 6.62. The first-order valence-electron chi connectivity index (χ1n) is 10.8. The zero-order valence-corrected chi connectivity index (χ0v) is 22.4. The molecule has 0 spiro atoms. The largest absolute Gasteiger partial charge is 0.415 e. The Balaban J connectivity index is 2.29. The van der Waals surface area contributed by atoms with Crippen molar-refractivity contribution in [2.75, 3.05) is 20.3 Å². The van der Waals surface area contributed by atoms with Crippen LogP contribution in [-0.4, -0.2) is 34.2 Å². The van der Waals surface area contributed by atoms with Crippen LogP contribution in [0, 0.1) is 0 Å². The van der Waals surface area contributed by atoms with E-state index >= 15 is 0 Å². The summed E-state index contributed by atoms with van der Waals surface area (Å²) in [7, 11) is -0.151. The van der Waals surface area contributed by atoms with Crippen molar-refractivity contribution in [3.05, 3.63) is 69.7 Å². The van der Waals surface area contributed by atoms with Crippen molar-refractivity contribution >= 4 is 31.5 Å². The highest BCUT2D eigenvalue weighted by Crippen LogP contribution is 2.37. The molecule has 2 rings (SSSR count). The van der Waals surface area contributed by atoms with Gasteiger partial charge in [0.15, 0.2) is 8.32 Å². The summed E-state index contributed by atoms with van der Waals surface area (Å²) in [5.41, 5.74) is 2.00. The molecule has 1 N–H and O–H groups in total. The van der Waals surface area contributed by atoms with Crippen LogP contribution in [0.4, 0.5) is 0 Å². The second-order valence-corrected chi connectivity index (χ2v) is 15.7. The van der Waals surface area contributed by atoms with E-state index in [4.69, 9.17) is 32.4 Å². The van der Waals surface area contributed by atoms with Crippen LogP contribution in [-0.2, 0) is 15.6 Å². The molecule has 6 heteroatoms. The molecule has 0 radical (unpaired) electrons. The lowest BCUT2D eigenvalue weighted by Crippen LogP contribution is -2.52. The average molecular weight is 483 g/mol. The summed E-state index contributed by atoms with van der Waals surface area (Å²) in [5.74, 6) is 0. The predicted octanol–water partition coefficient (Wildman–Crippen LogP) is 7.29. The van der Waals surface area contributed by atoms with Crippen molar-refractivity contribution in [2.45, 2.75) is 63.8 Å². The van der Waals surface area contributed by atoms with Crippen LogP contribution in [0.5, 0.6) is 0 Å². The van der Waals surface area contributed by atoms with E-state index in [1.807, 2.05) is 24.3 Å². The number of rotatable bonds is 10. The van der Waals surface area contributed by atoms with Gasteiger partial charge in [0.1, 0.15) is 0 Å². The molecular weight excluding hydrogens is 445 g/mol. The molecule has 0 saturated heterocycles. The maximum absolute atomic E-state index is 6.62. The molecule has 0 heterocycles. The van der Waals surface area contributed by atoms with Gasteiger partial charge in [0.05, 0.1) is 29.3 Å². The van der Waals surface area contributed by atoms with Gasteiger partial charge in [-0.2, -0.15) is 0 Å². The van der Waals surface area contributed by atoms with E-state index in [1.54, 1.807) is 7.11 Å². The first-order chi connectivity index (χ1) is 14.4. The second kappa shape index (κ2) is 10.8. The van der Waals surface area contributed by atoms with E-state index in [2.05, 4.69) is 70.4 Å². The van der Waals surface area contributed by atoms with Crippen molar-refractivity contribution in [3.8, 4) is 0 Å². The van der Waals surface area contributed by atoms with Gasteiger partial charge >= 0.3 is 0 Å². The van der Waals surface area contributed by atoms with Gasteiger partial charge in [0.25, 0.3) is 0 Å². The van der Waals surface area contributed by atoms with Gasteiger partial charge in [0.2, 0.25) is 0 Å². The highest BCUT2D eigenvalue weighted by atomic mass is 35.5. The van der Waals surface area contributed by atoms with Crippen molar-refractivity contribution in [3.63, 3.8) is 0 Å². The van der Waals surface area contributed by atoms with Gasteiger partial charge in [-0.05, 0) is 54.7 Å². The number of hydrogen-bond acceptors (Lipinski definition) is 3. The Morgan fingerprint density at radius 3 is 2.16 bits per heavy atom. The number of methoxy groups -OCH3 is 1. The zero-order valence-electron chi connectivity index (χ0n) is 19.9. The van der Waals surface area contributed by atoms with Crippen molar-refractivity contribution < 1.29 is 9.16 Å². The number of nitrogens with one attached hydrogen (secondary N) is 1. The van der Waals surface area contributed by atoms with Crippen LogP contribution < -0.4 is 5.32 Å². The molecule has 0 aromatic heterocycles. The summed E-state index contributed by atoms with van der Waals surface area (Å²) in [6.07, 6.45) is 0.751. The van der Waals surface area contributed by atoms with Crippen molar-refractivity contribution in [1.29, 1.82) is 0 Å². The first-order valence-corrected chi connectivity index (χ1v) is 14.4. The lowest BCUT2D eigenvalue weighted by molar-refractivity contribution is 0.100. The summed E-state index contributed by atoms with van der Waals surface area (Å²) in [6.45, 7) is 14.7. The van der Waals surface area contributed by atoms with Crippen LogP contribution in [0.2, 0.25) is 28.2 Å². The highest BCUT2D eigenvalue weighted by molar-refractivity contribution is 6.74. The third-order valence-corrected chi connectivity index (χ3v) is 11.4. The molecule has 31 heavy (non-hydrogen) atoms. The molecule has 0 fully saturated rings. The second-order valence-electron chi connectivity index (χ2n) is 10.1. The minimum absolute atomic E-state index is 0.0400. The number of halogens is 2. The topological polar surface area (TPSA) is 30.5 Å². The summed E-state index contributed by atoms with van der Waals surface area (Å²) in [4.78, 5) is 0. The van der Waals surface area contributed by atoms with E-state index in [1.165, 1.54) is 5.56 Å². The van der Waals surface area contributed by atoms with Crippen LogP contribution in [0.25, 0.3) is 0 Å². The molecule has 0 aliphatic heterocycles. The molecule has 0 amide bonds. The molecule has 2 atom stereocenters. The molecule has 3 nitrogen and oxygen atoms in total. The maximum Gasteiger partial charge on any atom is 0.192 e. The fraction of sp³-hybridized carbons (Fsp3) is 0.520. The standard InChI is InChI=1S/C25H37Cl2NO2Si/c1-24(2,3)31(6,7)30-17-23(20-11-9-8-10-12-20)28-25(4,18-29-5)16-19-13-14-21(26)22(27)15-19/h8-15,23,28H,16-18H2,1-7H3/t23-,25+/m1/s1. The fourth-order valence-corrected chi connectivity index (χ4v) is 4.73. The quantitative estimate of drug-likeness (QED) is 0.361. The van der Waals surface area contributed by atoms with Gasteiger partial charge in [-0.15, -0.1) is 0 Å². The molecule has 2 aromatic rings. The molecule has 0 aliphatic carbocycles. The number of hydrogen-bond donors (Lipinski definition) is 1. The highest BCUT2D eigenvalue weighted by Gasteiger charge is 2.38. The van der Waals surface area contributed by atoms with Crippen LogP contribution >= 0.6 is 23.2 Å². The van der Waals surface area contributed by atoms with Crippen LogP contribution in [0.3, 0.4) is 0 Å². The third kappa shape index (κ3) is 7.59. The molecular formula is C25H37Cl2NO2Si. The van der Waals surface area contributed by atoms with Crippen LogP contribution in [0.1, 0.15) is 44.9 Å².